The molecule has 2 aromatic heterocycles. The average molecular weight is 503 g/mol. The van der Waals surface area contributed by atoms with Crippen LogP contribution in [0.3, 0.4) is 0 Å². The number of carbonyl (C=O) groups excluding carboxylic acids is 2. The number of hydrogen-bond acceptors (Lipinski definition) is 5. The molecule has 0 aliphatic rings. The number of amides is 2. The molecule has 0 saturated carbocycles. The van der Waals surface area contributed by atoms with Gasteiger partial charge in [-0.3, -0.25) is 14.5 Å². The van der Waals surface area contributed by atoms with Gasteiger partial charge in [-0.15, -0.1) is 5.10 Å². The van der Waals surface area contributed by atoms with Crippen LogP contribution in [0.1, 0.15) is 45.9 Å². The summed E-state index contributed by atoms with van der Waals surface area (Å²) >= 11 is 0. The van der Waals surface area contributed by atoms with Crippen molar-refractivity contribution in [2.75, 3.05) is 11.5 Å². The van der Waals surface area contributed by atoms with Crippen molar-refractivity contribution >= 4 is 28.5 Å². The molecular weight excluding hydrogens is 468 g/mol. The lowest BCUT2D eigenvalue weighted by Gasteiger charge is -2.34. The van der Waals surface area contributed by atoms with Gasteiger partial charge in [0.1, 0.15) is 17.8 Å². The summed E-state index contributed by atoms with van der Waals surface area (Å²) in [5.74, 6) is 0.128. The maximum Gasteiger partial charge on any atom is 0.249 e. The summed E-state index contributed by atoms with van der Waals surface area (Å²) < 4.78 is 9.03. The van der Waals surface area contributed by atoms with Crippen LogP contribution in [0.25, 0.3) is 11.0 Å². The minimum Gasteiger partial charge on any atom is -0.494 e. The van der Waals surface area contributed by atoms with Gasteiger partial charge in [0, 0.05) is 24.5 Å². The maximum absolute atomic E-state index is 14.1. The Balaban J connectivity index is 1.80. The SMILES string of the molecule is CCOc1ccc(N(C(=O)Cn2nnc3ccccc32)C(C(=O)NC(C)(C)CC)c2cccn2C)cc1. The normalized spacial score (nSPS) is 12.4. The molecule has 4 aromatic rings. The molecule has 0 aliphatic carbocycles. The van der Waals surface area contributed by atoms with Crippen molar-refractivity contribution in [1.29, 1.82) is 0 Å². The highest BCUT2D eigenvalue weighted by Gasteiger charge is 2.36. The molecule has 0 radical (unpaired) electrons. The van der Waals surface area contributed by atoms with Crippen molar-refractivity contribution in [3.05, 3.63) is 72.6 Å². The van der Waals surface area contributed by atoms with Crippen molar-refractivity contribution < 1.29 is 14.3 Å². The molecule has 0 aliphatic heterocycles. The van der Waals surface area contributed by atoms with Crippen LogP contribution in [-0.2, 0) is 23.2 Å². The van der Waals surface area contributed by atoms with Crippen molar-refractivity contribution in [1.82, 2.24) is 24.9 Å². The third-order valence-electron chi connectivity index (χ3n) is 6.52. The summed E-state index contributed by atoms with van der Waals surface area (Å²) in [5.41, 5.74) is 2.26. The van der Waals surface area contributed by atoms with Crippen LogP contribution in [0, 0.1) is 0 Å². The zero-order chi connectivity index (χ0) is 26.6. The summed E-state index contributed by atoms with van der Waals surface area (Å²) in [6.45, 7) is 8.32. The Hall–Kier alpha value is -4.14. The van der Waals surface area contributed by atoms with E-state index >= 15 is 0 Å². The number of anilines is 1. The molecule has 2 amide bonds. The predicted octanol–water partition coefficient (Wildman–Crippen LogP) is 4.25. The lowest BCUT2D eigenvalue weighted by Crippen LogP contribution is -2.51. The first kappa shape index (κ1) is 25.9. The quantitative estimate of drug-likeness (QED) is 0.350. The summed E-state index contributed by atoms with van der Waals surface area (Å²) in [6, 6.07) is 17.5. The molecular formula is C28H34N6O3. The number of para-hydroxylation sites is 1. The summed E-state index contributed by atoms with van der Waals surface area (Å²) in [6.07, 6.45) is 2.60. The Morgan fingerprint density at radius 1 is 1.05 bits per heavy atom. The van der Waals surface area contributed by atoms with Gasteiger partial charge in [-0.2, -0.15) is 0 Å². The van der Waals surface area contributed by atoms with Crippen LogP contribution in [-0.4, -0.2) is 43.5 Å². The number of nitrogens with one attached hydrogen (secondary N) is 1. The highest BCUT2D eigenvalue weighted by molar-refractivity contribution is 6.01. The minimum atomic E-state index is -0.911. The van der Waals surface area contributed by atoms with Crippen molar-refractivity contribution in [3.63, 3.8) is 0 Å². The Kier molecular flexibility index (Phi) is 7.61. The fraction of sp³-hybridized carbons (Fsp3) is 0.357. The second-order valence-electron chi connectivity index (χ2n) is 9.60. The number of carbonyl (C=O) groups is 2. The number of aryl methyl sites for hydroxylation is 1. The molecule has 37 heavy (non-hydrogen) atoms. The highest BCUT2D eigenvalue weighted by atomic mass is 16.5. The van der Waals surface area contributed by atoms with E-state index in [1.165, 1.54) is 0 Å². The molecule has 4 rings (SSSR count). The second kappa shape index (κ2) is 10.9. The number of benzene rings is 2. The van der Waals surface area contributed by atoms with Gasteiger partial charge < -0.3 is 14.6 Å². The van der Waals surface area contributed by atoms with Gasteiger partial charge in [0.25, 0.3) is 0 Å². The molecule has 0 saturated heterocycles. The van der Waals surface area contributed by atoms with Crippen LogP contribution in [0.15, 0.2) is 66.9 Å². The molecule has 0 spiro atoms. The van der Waals surface area contributed by atoms with Crippen molar-refractivity contribution in [2.24, 2.45) is 7.05 Å². The fourth-order valence-electron chi connectivity index (χ4n) is 4.18. The third-order valence-corrected chi connectivity index (χ3v) is 6.52. The number of nitrogens with zero attached hydrogens (tertiary/aromatic N) is 5. The number of ether oxygens (including phenoxy) is 1. The van der Waals surface area contributed by atoms with E-state index in [9.17, 15) is 9.59 Å². The Bertz CT molecular complexity index is 1370. The minimum absolute atomic E-state index is 0.0842. The molecule has 9 nitrogen and oxygen atoms in total. The van der Waals surface area contributed by atoms with E-state index in [0.29, 0.717) is 29.3 Å². The number of aromatic nitrogens is 4. The fourth-order valence-corrected chi connectivity index (χ4v) is 4.18. The van der Waals surface area contributed by atoms with E-state index in [0.717, 1.165) is 11.9 Å². The predicted molar refractivity (Wildman–Crippen MR) is 143 cm³/mol. The van der Waals surface area contributed by atoms with Gasteiger partial charge in [-0.25, -0.2) is 4.68 Å². The molecule has 194 valence electrons. The van der Waals surface area contributed by atoms with E-state index in [1.807, 2.05) is 81.9 Å². The Labute approximate surface area is 217 Å². The summed E-state index contributed by atoms with van der Waals surface area (Å²) in [5, 5.41) is 11.5. The first-order valence-corrected chi connectivity index (χ1v) is 12.5. The molecule has 1 unspecified atom stereocenters. The van der Waals surface area contributed by atoms with Gasteiger partial charge in [-0.05, 0) is 75.7 Å². The topological polar surface area (TPSA) is 94.3 Å². The van der Waals surface area contributed by atoms with Crippen molar-refractivity contribution in [2.45, 2.75) is 52.2 Å². The van der Waals surface area contributed by atoms with Crippen LogP contribution in [0.4, 0.5) is 5.69 Å². The number of fused-ring (bicyclic) bond motifs is 1. The molecule has 0 bridgehead atoms. The monoisotopic (exact) mass is 502 g/mol. The van der Waals surface area contributed by atoms with Gasteiger partial charge >= 0.3 is 0 Å². The standard InChI is InChI=1S/C28H34N6O3/c1-6-28(3,4)29-27(36)26(24-13-10-18-32(24)5)34(20-14-16-21(17-15-20)37-7-2)25(35)19-33-23-12-9-8-11-22(23)30-31-33/h8-18,26H,6-7,19H2,1-5H3,(H,29,36). The first-order valence-electron chi connectivity index (χ1n) is 12.5. The zero-order valence-electron chi connectivity index (χ0n) is 22.0. The average Bonchev–Trinajstić information content (AvgIpc) is 3.49. The summed E-state index contributed by atoms with van der Waals surface area (Å²) in [7, 11) is 1.87. The maximum atomic E-state index is 14.1. The Morgan fingerprint density at radius 3 is 2.43 bits per heavy atom. The number of hydrogen-bond donors (Lipinski definition) is 1. The largest absolute Gasteiger partial charge is 0.494 e. The third kappa shape index (κ3) is 5.66. The number of rotatable bonds is 10. The zero-order valence-corrected chi connectivity index (χ0v) is 22.0. The van der Waals surface area contributed by atoms with E-state index < -0.39 is 11.6 Å². The second-order valence-corrected chi connectivity index (χ2v) is 9.60. The van der Waals surface area contributed by atoms with Crippen molar-refractivity contribution in [3.8, 4) is 5.75 Å². The molecule has 1 atom stereocenters. The van der Waals surface area contributed by atoms with Gasteiger partial charge in [-0.1, -0.05) is 24.3 Å². The van der Waals surface area contributed by atoms with E-state index in [4.69, 9.17) is 4.74 Å². The highest BCUT2D eigenvalue weighted by Crippen LogP contribution is 2.31. The Morgan fingerprint density at radius 2 is 1.78 bits per heavy atom. The van der Waals surface area contributed by atoms with Crippen LogP contribution >= 0.6 is 0 Å². The van der Waals surface area contributed by atoms with Crippen LogP contribution < -0.4 is 15.0 Å². The van der Waals surface area contributed by atoms with Gasteiger partial charge in [0.2, 0.25) is 11.8 Å². The molecule has 1 N–H and O–H groups in total. The van der Waals surface area contributed by atoms with E-state index in [-0.39, 0.29) is 18.4 Å². The van der Waals surface area contributed by atoms with E-state index in [2.05, 4.69) is 15.6 Å². The van der Waals surface area contributed by atoms with Crippen LogP contribution in [0.5, 0.6) is 5.75 Å². The molecule has 2 heterocycles. The van der Waals surface area contributed by atoms with Crippen LogP contribution in [0.2, 0.25) is 0 Å². The molecule has 0 fully saturated rings. The van der Waals surface area contributed by atoms with Gasteiger partial charge in [0.15, 0.2) is 6.04 Å². The van der Waals surface area contributed by atoms with E-state index in [1.54, 1.807) is 33.8 Å². The lowest BCUT2D eigenvalue weighted by molar-refractivity contribution is -0.128. The van der Waals surface area contributed by atoms with Gasteiger partial charge in [0.05, 0.1) is 17.8 Å². The first-order chi connectivity index (χ1) is 17.7. The summed E-state index contributed by atoms with van der Waals surface area (Å²) in [4.78, 5) is 29.5. The lowest BCUT2D eigenvalue weighted by atomic mass is 10.00. The molecule has 2 aromatic carbocycles. The smallest absolute Gasteiger partial charge is 0.249 e. The molecule has 9 heteroatoms.